The lowest BCUT2D eigenvalue weighted by molar-refractivity contribution is -0.147. The fraction of sp³-hybridized carbons (Fsp3) is 0.308. The molecule has 0 aliphatic carbocycles. The number of likely N-dealkylation sites (tertiary alicyclic amines) is 1. The Morgan fingerprint density at radius 2 is 1.74 bits per heavy atom. The summed E-state index contributed by atoms with van der Waals surface area (Å²) in [5, 5.41) is 0. The average molecular weight is 267 g/mol. The average Bonchev–Trinajstić information content (AvgIpc) is 2.37. The van der Waals surface area contributed by atoms with Crippen LogP contribution >= 0.6 is 0 Å². The van der Waals surface area contributed by atoms with Gasteiger partial charge in [0.2, 0.25) is 11.8 Å². The van der Waals surface area contributed by atoms with E-state index in [1.54, 1.807) is 0 Å². The molecule has 6 heteroatoms. The van der Waals surface area contributed by atoms with Crippen LogP contribution in [0.25, 0.3) is 0 Å². The third-order valence-corrected chi connectivity index (χ3v) is 2.93. The smallest absolute Gasteiger partial charge is 0.229 e. The molecule has 0 aromatic heterocycles. The van der Waals surface area contributed by atoms with Gasteiger partial charge >= 0.3 is 0 Å². The van der Waals surface area contributed by atoms with E-state index in [9.17, 15) is 23.2 Å². The monoisotopic (exact) mass is 267 g/mol. The molecule has 2 rings (SSSR count). The fourth-order valence-electron chi connectivity index (χ4n) is 1.88. The number of carbonyl (C=O) groups is 3. The summed E-state index contributed by atoms with van der Waals surface area (Å²) < 4.78 is 25.7. The molecule has 1 aromatic rings. The Kier molecular flexibility index (Phi) is 3.69. The molecule has 1 saturated heterocycles. The van der Waals surface area contributed by atoms with Crippen LogP contribution in [0, 0.1) is 11.6 Å². The van der Waals surface area contributed by atoms with E-state index in [0.29, 0.717) is 6.42 Å². The lowest BCUT2D eigenvalue weighted by Crippen LogP contribution is -2.43. The maximum absolute atomic E-state index is 13.0. The minimum atomic E-state index is -1.14. The minimum absolute atomic E-state index is 0.0647. The Bertz CT molecular complexity index is 541. The number of imide groups is 1. The summed E-state index contributed by atoms with van der Waals surface area (Å²) >= 11 is 0. The second-order valence-corrected chi connectivity index (χ2v) is 4.28. The molecule has 0 saturated carbocycles. The summed E-state index contributed by atoms with van der Waals surface area (Å²) in [4.78, 5) is 35.7. The fourth-order valence-corrected chi connectivity index (χ4v) is 1.88. The number of ketones is 1. The van der Waals surface area contributed by atoms with E-state index in [4.69, 9.17) is 0 Å². The van der Waals surface area contributed by atoms with Crippen LogP contribution in [-0.4, -0.2) is 29.0 Å². The number of benzene rings is 1. The van der Waals surface area contributed by atoms with Crippen LogP contribution in [0.2, 0.25) is 0 Å². The number of Topliss-reactive ketones (excluding diaryl/α,β-unsaturated/α-hetero) is 1. The van der Waals surface area contributed by atoms with Gasteiger partial charge in [0.05, 0.1) is 6.54 Å². The molecule has 4 nitrogen and oxygen atoms in total. The standard InChI is InChI=1S/C13H11F2NO3/c14-9-5-4-8(6-10(9)15)11(17)7-16-12(18)2-1-3-13(16)19/h4-6H,1-3,7H2. The Balaban J connectivity index is 2.14. The number of nitrogens with zero attached hydrogens (tertiary/aromatic N) is 1. The largest absolute Gasteiger partial charge is 0.292 e. The first-order valence-electron chi connectivity index (χ1n) is 5.80. The molecule has 1 fully saturated rings. The van der Waals surface area contributed by atoms with Crippen LogP contribution in [0.15, 0.2) is 18.2 Å². The van der Waals surface area contributed by atoms with Gasteiger partial charge in [-0.25, -0.2) is 8.78 Å². The van der Waals surface area contributed by atoms with Gasteiger partial charge in [0.15, 0.2) is 17.4 Å². The number of hydrogen-bond donors (Lipinski definition) is 0. The number of amides is 2. The molecule has 0 atom stereocenters. The normalized spacial score (nSPS) is 15.8. The molecule has 1 aliphatic heterocycles. The SMILES string of the molecule is O=C(CN1C(=O)CCCC1=O)c1ccc(F)c(F)c1. The highest BCUT2D eigenvalue weighted by molar-refractivity contribution is 6.05. The van der Waals surface area contributed by atoms with Gasteiger partial charge < -0.3 is 0 Å². The van der Waals surface area contributed by atoms with Gasteiger partial charge in [0.25, 0.3) is 0 Å². The molecule has 2 amide bonds. The maximum atomic E-state index is 13.0. The van der Waals surface area contributed by atoms with Gasteiger partial charge in [0, 0.05) is 18.4 Å². The van der Waals surface area contributed by atoms with E-state index in [1.807, 2.05) is 0 Å². The molecular weight excluding hydrogens is 256 g/mol. The van der Waals surface area contributed by atoms with E-state index in [-0.39, 0.29) is 18.4 Å². The van der Waals surface area contributed by atoms with E-state index in [2.05, 4.69) is 0 Å². The van der Waals surface area contributed by atoms with E-state index < -0.39 is 35.8 Å². The molecule has 19 heavy (non-hydrogen) atoms. The van der Waals surface area contributed by atoms with Crippen molar-refractivity contribution in [1.29, 1.82) is 0 Å². The molecule has 0 radical (unpaired) electrons. The predicted octanol–water partition coefficient (Wildman–Crippen LogP) is 1.69. The van der Waals surface area contributed by atoms with Crippen LogP contribution < -0.4 is 0 Å². The van der Waals surface area contributed by atoms with Crippen molar-refractivity contribution in [3.8, 4) is 0 Å². The van der Waals surface area contributed by atoms with Crippen molar-refractivity contribution in [2.24, 2.45) is 0 Å². The molecule has 1 aromatic carbocycles. The topological polar surface area (TPSA) is 54.5 Å². The van der Waals surface area contributed by atoms with Crippen molar-refractivity contribution in [2.75, 3.05) is 6.54 Å². The number of carbonyl (C=O) groups excluding carboxylic acids is 3. The number of piperidine rings is 1. The Morgan fingerprint density at radius 3 is 2.32 bits per heavy atom. The third-order valence-electron chi connectivity index (χ3n) is 2.93. The van der Waals surface area contributed by atoms with Gasteiger partial charge in [-0.3, -0.25) is 19.3 Å². The Labute approximate surface area is 108 Å². The van der Waals surface area contributed by atoms with Crippen molar-refractivity contribution >= 4 is 17.6 Å². The highest BCUT2D eigenvalue weighted by atomic mass is 19.2. The van der Waals surface area contributed by atoms with E-state index in [1.165, 1.54) is 0 Å². The third kappa shape index (κ3) is 2.83. The Morgan fingerprint density at radius 1 is 1.11 bits per heavy atom. The molecule has 0 N–H and O–H groups in total. The van der Waals surface area contributed by atoms with Crippen molar-refractivity contribution in [3.05, 3.63) is 35.4 Å². The molecule has 1 aliphatic rings. The summed E-state index contributed by atoms with van der Waals surface area (Å²) in [5.74, 6) is -3.61. The first-order valence-corrected chi connectivity index (χ1v) is 5.80. The van der Waals surface area contributed by atoms with Crippen molar-refractivity contribution in [2.45, 2.75) is 19.3 Å². The zero-order chi connectivity index (χ0) is 14.0. The Hall–Kier alpha value is -2.11. The zero-order valence-corrected chi connectivity index (χ0v) is 9.99. The molecule has 0 bridgehead atoms. The molecular formula is C13H11F2NO3. The van der Waals surface area contributed by atoms with Gasteiger partial charge in [0.1, 0.15) is 0 Å². The van der Waals surface area contributed by atoms with Crippen LogP contribution in [0.5, 0.6) is 0 Å². The number of rotatable bonds is 3. The van der Waals surface area contributed by atoms with Gasteiger partial charge in [-0.15, -0.1) is 0 Å². The van der Waals surface area contributed by atoms with E-state index in [0.717, 1.165) is 23.1 Å². The highest BCUT2D eigenvalue weighted by Gasteiger charge is 2.28. The molecule has 0 spiro atoms. The van der Waals surface area contributed by atoms with Crippen molar-refractivity contribution < 1.29 is 23.2 Å². The maximum Gasteiger partial charge on any atom is 0.229 e. The highest BCUT2D eigenvalue weighted by Crippen LogP contribution is 2.14. The van der Waals surface area contributed by atoms with Crippen molar-refractivity contribution in [1.82, 2.24) is 4.90 Å². The lowest BCUT2D eigenvalue weighted by Gasteiger charge is -2.24. The van der Waals surface area contributed by atoms with Gasteiger partial charge in [-0.2, -0.15) is 0 Å². The summed E-state index contributed by atoms with van der Waals surface area (Å²) in [6.45, 7) is -0.428. The van der Waals surface area contributed by atoms with Crippen LogP contribution in [0.4, 0.5) is 8.78 Å². The minimum Gasteiger partial charge on any atom is -0.292 e. The summed E-state index contributed by atoms with van der Waals surface area (Å²) in [5.41, 5.74) is -0.0647. The zero-order valence-electron chi connectivity index (χ0n) is 9.99. The molecule has 0 unspecified atom stereocenters. The van der Waals surface area contributed by atoms with E-state index >= 15 is 0 Å². The lowest BCUT2D eigenvalue weighted by atomic mass is 10.1. The summed E-state index contributed by atoms with van der Waals surface area (Å²) in [7, 11) is 0. The van der Waals surface area contributed by atoms with Crippen LogP contribution in [0.3, 0.4) is 0 Å². The number of hydrogen-bond acceptors (Lipinski definition) is 3. The first-order chi connectivity index (χ1) is 8.99. The summed E-state index contributed by atoms with van der Waals surface area (Å²) in [6.07, 6.45) is 0.918. The van der Waals surface area contributed by atoms with Crippen molar-refractivity contribution in [3.63, 3.8) is 0 Å². The quantitative estimate of drug-likeness (QED) is 0.618. The van der Waals surface area contributed by atoms with Gasteiger partial charge in [-0.05, 0) is 24.6 Å². The molecule has 1 heterocycles. The van der Waals surface area contributed by atoms with Gasteiger partial charge in [-0.1, -0.05) is 0 Å². The number of halogens is 2. The van der Waals surface area contributed by atoms with Crippen LogP contribution in [0.1, 0.15) is 29.6 Å². The first kappa shape index (κ1) is 13.3. The predicted molar refractivity (Wildman–Crippen MR) is 61.3 cm³/mol. The second-order valence-electron chi connectivity index (χ2n) is 4.28. The summed E-state index contributed by atoms with van der Waals surface area (Å²) in [6, 6.07) is 2.72. The second kappa shape index (κ2) is 5.26. The molecule has 100 valence electrons. The van der Waals surface area contributed by atoms with Crippen LogP contribution in [-0.2, 0) is 9.59 Å².